The molecule has 160 valence electrons. The third kappa shape index (κ3) is 7.14. The van der Waals surface area contributed by atoms with E-state index in [9.17, 15) is 14.0 Å². The zero-order chi connectivity index (χ0) is 21.9. The van der Waals surface area contributed by atoms with E-state index in [1.807, 2.05) is 13.8 Å². The van der Waals surface area contributed by atoms with Gasteiger partial charge >= 0.3 is 0 Å². The van der Waals surface area contributed by atoms with Crippen LogP contribution in [0.3, 0.4) is 0 Å². The maximum Gasteiger partial charge on any atom is 0.240 e. The molecule has 2 amide bonds. The lowest BCUT2D eigenvalue weighted by Crippen LogP contribution is -2.21. The van der Waals surface area contributed by atoms with Crippen molar-refractivity contribution in [3.8, 4) is 11.5 Å². The van der Waals surface area contributed by atoms with Gasteiger partial charge in [0.15, 0.2) is 11.5 Å². The van der Waals surface area contributed by atoms with Crippen LogP contribution in [-0.2, 0) is 9.59 Å². The van der Waals surface area contributed by atoms with Gasteiger partial charge in [-0.1, -0.05) is 12.1 Å². The number of nitrogens with zero attached hydrogens (tertiary/aromatic N) is 1. The van der Waals surface area contributed by atoms with Gasteiger partial charge < -0.3 is 14.8 Å². The predicted octanol–water partition coefficient (Wildman–Crippen LogP) is 4.25. The highest BCUT2D eigenvalue weighted by Crippen LogP contribution is 2.36. The number of para-hydroxylation sites is 1. The number of anilines is 1. The summed E-state index contributed by atoms with van der Waals surface area (Å²) in [6.07, 6.45) is 1.27. The standard InChI is InChI=1S/C21H23BrFN3O4/c1-3-29-18-12-14(11-15(22)21(18)30-4-2)13-24-26-20(28)10-9-19(27)25-17-8-6-5-7-16(17)23/h5-8,11-13H,3-4,9-10H2,1-2H3,(H,25,27)(H,26,28). The van der Waals surface area contributed by atoms with E-state index in [4.69, 9.17) is 9.47 Å². The van der Waals surface area contributed by atoms with Gasteiger partial charge in [0.2, 0.25) is 11.8 Å². The summed E-state index contributed by atoms with van der Waals surface area (Å²) in [7, 11) is 0. The summed E-state index contributed by atoms with van der Waals surface area (Å²) in [5, 5.41) is 6.33. The first-order valence-electron chi connectivity index (χ1n) is 9.40. The molecular weight excluding hydrogens is 457 g/mol. The molecule has 0 aromatic heterocycles. The van der Waals surface area contributed by atoms with Gasteiger partial charge in [0, 0.05) is 12.8 Å². The number of halogens is 2. The van der Waals surface area contributed by atoms with E-state index in [1.165, 1.54) is 24.4 Å². The van der Waals surface area contributed by atoms with Crippen LogP contribution < -0.4 is 20.2 Å². The zero-order valence-electron chi connectivity index (χ0n) is 16.7. The second-order valence-electron chi connectivity index (χ2n) is 6.02. The first-order chi connectivity index (χ1) is 14.4. The molecule has 9 heteroatoms. The fraction of sp³-hybridized carbons (Fsp3) is 0.286. The Morgan fingerprint density at radius 3 is 2.50 bits per heavy atom. The maximum atomic E-state index is 13.5. The van der Waals surface area contributed by atoms with Gasteiger partial charge in [0.25, 0.3) is 0 Å². The zero-order valence-corrected chi connectivity index (χ0v) is 18.3. The predicted molar refractivity (Wildman–Crippen MR) is 116 cm³/mol. The van der Waals surface area contributed by atoms with Gasteiger partial charge in [0.05, 0.1) is 29.6 Å². The van der Waals surface area contributed by atoms with E-state index in [0.29, 0.717) is 34.7 Å². The topological polar surface area (TPSA) is 89.0 Å². The Hall–Kier alpha value is -2.94. The molecule has 2 aromatic carbocycles. The fourth-order valence-electron chi connectivity index (χ4n) is 2.45. The third-order valence-corrected chi connectivity index (χ3v) is 4.34. The molecule has 7 nitrogen and oxygen atoms in total. The molecule has 0 fully saturated rings. The number of hydrogen-bond donors (Lipinski definition) is 2. The molecule has 0 saturated heterocycles. The summed E-state index contributed by atoms with van der Waals surface area (Å²) in [4.78, 5) is 23.8. The van der Waals surface area contributed by atoms with Crippen LogP contribution in [0.5, 0.6) is 11.5 Å². The summed E-state index contributed by atoms with van der Waals surface area (Å²) >= 11 is 3.44. The summed E-state index contributed by atoms with van der Waals surface area (Å²) < 4.78 is 25.4. The molecule has 0 heterocycles. The van der Waals surface area contributed by atoms with E-state index in [1.54, 1.807) is 18.2 Å². The fourth-order valence-corrected chi connectivity index (χ4v) is 3.02. The highest BCUT2D eigenvalue weighted by atomic mass is 79.9. The van der Waals surface area contributed by atoms with E-state index in [0.717, 1.165) is 0 Å². The summed E-state index contributed by atoms with van der Waals surface area (Å²) in [6.45, 7) is 4.71. The van der Waals surface area contributed by atoms with E-state index in [-0.39, 0.29) is 18.5 Å². The Morgan fingerprint density at radius 2 is 1.80 bits per heavy atom. The van der Waals surface area contributed by atoms with Crippen molar-refractivity contribution >= 4 is 39.6 Å². The molecule has 0 bridgehead atoms. The number of ether oxygens (including phenoxy) is 2. The summed E-state index contributed by atoms with van der Waals surface area (Å²) in [6, 6.07) is 9.35. The molecule has 0 atom stereocenters. The number of hydrogen-bond acceptors (Lipinski definition) is 5. The van der Waals surface area contributed by atoms with Crippen molar-refractivity contribution in [3.05, 3.63) is 52.3 Å². The Labute approximate surface area is 182 Å². The molecule has 30 heavy (non-hydrogen) atoms. The highest BCUT2D eigenvalue weighted by molar-refractivity contribution is 9.10. The van der Waals surface area contributed by atoms with Gasteiger partial charge in [-0.3, -0.25) is 9.59 Å². The van der Waals surface area contributed by atoms with E-state index >= 15 is 0 Å². The number of amides is 2. The minimum absolute atomic E-state index is 0.0760. The lowest BCUT2D eigenvalue weighted by molar-refractivity contribution is -0.124. The summed E-state index contributed by atoms with van der Waals surface area (Å²) in [5.74, 6) is -0.276. The summed E-state index contributed by atoms with van der Waals surface area (Å²) in [5.41, 5.74) is 3.12. The number of carbonyl (C=O) groups is 2. The van der Waals surface area contributed by atoms with Crippen molar-refractivity contribution < 1.29 is 23.5 Å². The Kier molecular flexibility index (Phi) is 9.27. The Morgan fingerprint density at radius 1 is 1.10 bits per heavy atom. The second kappa shape index (κ2) is 11.9. The number of benzene rings is 2. The van der Waals surface area contributed by atoms with Crippen LogP contribution in [0.2, 0.25) is 0 Å². The maximum absolute atomic E-state index is 13.5. The molecule has 2 N–H and O–H groups in total. The van der Waals surface area contributed by atoms with E-state index in [2.05, 4.69) is 31.8 Å². The van der Waals surface area contributed by atoms with Gasteiger partial charge in [-0.25, -0.2) is 9.82 Å². The highest BCUT2D eigenvalue weighted by Gasteiger charge is 2.12. The van der Waals surface area contributed by atoms with Gasteiger partial charge in [-0.05, 0) is 59.6 Å². The molecule has 2 aromatic rings. The molecule has 2 rings (SSSR count). The van der Waals surface area contributed by atoms with Crippen LogP contribution in [0.25, 0.3) is 0 Å². The smallest absolute Gasteiger partial charge is 0.240 e. The number of carbonyl (C=O) groups excluding carboxylic acids is 2. The van der Waals surface area contributed by atoms with Crippen LogP contribution in [0.4, 0.5) is 10.1 Å². The van der Waals surface area contributed by atoms with Crippen molar-refractivity contribution in [2.24, 2.45) is 5.10 Å². The number of rotatable bonds is 10. The minimum Gasteiger partial charge on any atom is -0.490 e. The van der Waals surface area contributed by atoms with Crippen molar-refractivity contribution in [1.82, 2.24) is 5.43 Å². The number of hydrazone groups is 1. The first-order valence-corrected chi connectivity index (χ1v) is 10.2. The van der Waals surface area contributed by atoms with Crippen LogP contribution in [0.15, 0.2) is 46.0 Å². The third-order valence-electron chi connectivity index (χ3n) is 3.75. The van der Waals surface area contributed by atoms with Gasteiger partial charge in [-0.2, -0.15) is 5.10 Å². The quantitative estimate of drug-likeness (QED) is 0.393. The van der Waals surface area contributed by atoms with Gasteiger partial charge in [-0.15, -0.1) is 0 Å². The molecule has 0 aliphatic heterocycles. The normalized spacial score (nSPS) is 10.7. The minimum atomic E-state index is -0.534. The van der Waals surface area contributed by atoms with E-state index < -0.39 is 17.6 Å². The average Bonchev–Trinajstić information content (AvgIpc) is 2.71. The van der Waals surface area contributed by atoms with Crippen molar-refractivity contribution in [1.29, 1.82) is 0 Å². The molecule has 0 saturated carbocycles. The van der Waals surface area contributed by atoms with Crippen molar-refractivity contribution in [2.45, 2.75) is 26.7 Å². The molecular formula is C21H23BrFN3O4. The SMILES string of the molecule is CCOc1cc(C=NNC(=O)CCC(=O)Nc2ccccc2F)cc(Br)c1OCC. The van der Waals surface area contributed by atoms with Crippen molar-refractivity contribution in [2.75, 3.05) is 18.5 Å². The Bertz CT molecular complexity index is 921. The lowest BCUT2D eigenvalue weighted by Gasteiger charge is -2.13. The molecule has 0 aliphatic rings. The molecule has 0 unspecified atom stereocenters. The largest absolute Gasteiger partial charge is 0.490 e. The Balaban J connectivity index is 1.88. The van der Waals surface area contributed by atoms with Crippen LogP contribution in [0, 0.1) is 5.82 Å². The number of nitrogens with one attached hydrogen (secondary N) is 2. The van der Waals surface area contributed by atoms with Crippen LogP contribution >= 0.6 is 15.9 Å². The van der Waals surface area contributed by atoms with Crippen LogP contribution in [0.1, 0.15) is 32.3 Å². The average molecular weight is 480 g/mol. The lowest BCUT2D eigenvalue weighted by atomic mass is 10.2. The molecule has 0 radical (unpaired) electrons. The van der Waals surface area contributed by atoms with Crippen molar-refractivity contribution in [3.63, 3.8) is 0 Å². The molecule has 0 spiro atoms. The second-order valence-corrected chi connectivity index (χ2v) is 6.87. The first kappa shape index (κ1) is 23.3. The van der Waals surface area contributed by atoms with Crippen LogP contribution in [-0.4, -0.2) is 31.2 Å². The monoisotopic (exact) mass is 479 g/mol. The molecule has 0 aliphatic carbocycles. The van der Waals surface area contributed by atoms with Gasteiger partial charge in [0.1, 0.15) is 5.82 Å².